The largest absolute Gasteiger partial charge is 0.396 e. The predicted octanol–water partition coefficient (Wildman–Crippen LogP) is -0.358. The van der Waals surface area contributed by atoms with Crippen LogP contribution in [0.15, 0.2) is 18.7 Å². The first-order chi connectivity index (χ1) is 6.25. The van der Waals surface area contributed by atoms with Gasteiger partial charge in [-0.1, -0.05) is 0 Å². The van der Waals surface area contributed by atoms with Gasteiger partial charge in [0.25, 0.3) is 0 Å². The van der Waals surface area contributed by atoms with Crippen molar-refractivity contribution < 1.29 is 0 Å². The van der Waals surface area contributed by atoms with Crippen molar-refractivity contribution in [2.45, 2.75) is 6.54 Å². The summed E-state index contributed by atoms with van der Waals surface area (Å²) in [7, 11) is 1.89. The number of aromatic nitrogens is 5. The molecular weight excluding hydrogens is 168 g/mol. The van der Waals surface area contributed by atoms with Gasteiger partial charge in [-0.05, 0) is 0 Å². The van der Waals surface area contributed by atoms with Gasteiger partial charge < -0.3 is 10.3 Å². The maximum atomic E-state index is 5.52. The highest BCUT2D eigenvalue weighted by atomic mass is 15.3. The lowest BCUT2D eigenvalue weighted by molar-refractivity contribution is 0.630. The number of hydrogen-bond donors (Lipinski definition) is 1. The molecule has 6 nitrogen and oxygen atoms in total. The highest BCUT2D eigenvalue weighted by molar-refractivity contribution is 5.30. The van der Waals surface area contributed by atoms with Crippen molar-refractivity contribution in [1.29, 1.82) is 0 Å². The quantitative estimate of drug-likeness (QED) is 0.681. The highest BCUT2D eigenvalue weighted by Gasteiger charge is 2.01. The zero-order valence-corrected chi connectivity index (χ0v) is 7.25. The van der Waals surface area contributed by atoms with Crippen LogP contribution in [0.5, 0.6) is 0 Å². The third-order valence-electron chi connectivity index (χ3n) is 1.76. The van der Waals surface area contributed by atoms with Gasteiger partial charge in [-0.3, -0.25) is 4.68 Å². The van der Waals surface area contributed by atoms with Gasteiger partial charge in [0, 0.05) is 13.2 Å². The normalized spacial score (nSPS) is 10.5. The van der Waals surface area contributed by atoms with Gasteiger partial charge in [-0.2, -0.15) is 5.10 Å². The maximum absolute atomic E-state index is 5.52. The van der Waals surface area contributed by atoms with E-state index >= 15 is 0 Å². The van der Waals surface area contributed by atoms with Crippen LogP contribution in [-0.2, 0) is 13.6 Å². The van der Waals surface area contributed by atoms with E-state index in [0.29, 0.717) is 12.2 Å². The Morgan fingerprint density at radius 2 is 2.38 bits per heavy atom. The fourth-order valence-electron chi connectivity index (χ4n) is 1.06. The second-order valence-electron chi connectivity index (χ2n) is 2.83. The molecule has 2 aromatic heterocycles. The zero-order chi connectivity index (χ0) is 9.26. The van der Waals surface area contributed by atoms with Gasteiger partial charge in [-0.25, -0.2) is 0 Å². The number of aryl methyl sites for hydroxylation is 1. The molecule has 0 aromatic carbocycles. The molecule has 68 valence electrons. The minimum absolute atomic E-state index is 0.591. The average molecular weight is 178 g/mol. The number of rotatable bonds is 2. The van der Waals surface area contributed by atoms with E-state index in [1.807, 2.05) is 11.6 Å². The summed E-state index contributed by atoms with van der Waals surface area (Å²) in [6.07, 6.45) is 5.02. The Kier molecular flexibility index (Phi) is 1.73. The minimum atomic E-state index is 0.591. The molecule has 2 aromatic rings. The molecule has 0 saturated heterocycles. The van der Waals surface area contributed by atoms with E-state index in [1.165, 1.54) is 0 Å². The van der Waals surface area contributed by atoms with Crippen LogP contribution in [-0.4, -0.2) is 24.5 Å². The number of nitrogen functional groups attached to an aromatic ring is 1. The monoisotopic (exact) mass is 178 g/mol. The smallest absolute Gasteiger partial charge is 0.154 e. The molecule has 0 spiro atoms. The van der Waals surface area contributed by atoms with Crippen LogP contribution in [0.25, 0.3) is 0 Å². The van der Waals surface area contributed by atoms with Crippen LogP contribution in [0.4, 0.5) is 5.69 Å². The lowest BCUT2D eigenvalue weighted by Gasteiger charge is -1.99. The van der Waals surface area contributed by atoms with E-state index in [9.17, 15) is 0 Å². The third-order valence-corrected chi connectivity index (χ3v) is 1.76. The molecule has 0 aliphatic heterocycles. The number of nitrogens with two attached hydrogens (primary N) is 1. The molecule has 0 amide bonds. The Morgan fingerprint density at radius 3 is 2.92 bits per heavy atom. The number of hydrogen-bond acceptors (Lipinski definition) is 4. The Hall–Kier alpha value is -1.85. The van der Waals surface area contributed by atoms with Crippen molar-refractivity contribution in [2.75, 3.05) is 5.73 Å². The van der Waals surface area contributed by atoms with E-state index in [0.717, 1.165) is 5.82 Å². The van der Waals surface area contributed by atoms with Gasteiger partial charge >= 0.3 is 0 Å². The second-order valence-corrected chi connectivity index (χ2v) is 2.83. The summed E-state index contributed by atoms with van der Waals surface area (Å²) in [5, 5.41) is 11.7. The average Bonchev–Trinajstić information content (AvgIpc) is 2.64. The van der Waals surface area contributed by atoms with Crippen LogP contribution in [0.1, 0.15) is 5.82 Å². The molecule has 0 saturated carbocycles. The number of anilines is 1. The molecule has 0 aliphatic rings. The summed E-state index contributed by atoms with van der Waals surface area (Å²) in [6, 6.07) is 0. The summed E-state index contributed by atoms with van der Waals surface area (Å²) in [5.74, 6) is 0.850. The molecule has 6 heteroatoms. The van der Waals surface area contributed by atoms with Crippen LogP contribution in [0.3, 0.4) is 0 Å². The molecule has 13 heavy (non-hydrogen) atoms. The predicted molar refractivity (Wildman–Crippen MR) is 46.7 cm³/mol. The van der Waals surface area contributed by atoms with Gasteiger partial charge in [-0.15, -0.1) is 10.2 Å². The van der Waals surface area contributed by atoms with Crippen molar-refractivity contribution in [3.8, 4) is 0 Å². The van der Waals surface area contributed by atoms with Crippen molar-refractivity contribution in [2.24, 2.45) is 7.05 Å². The summed E-state index contributed by atoms with van der Waals surface area (Å²) in [4.78, 5) is 0. The molecule has 0 aliphatic carbocycles. The third kappa shape index (κ3) is 1.51. The maximum Gasteiger partial charge on any atom is 0.154 e. The van der Waals surface area contributed by atoms with Crippen LogP contribution >= 0.6 is 0 Å². The Morgan fingerprint density at radius 1 is 1.54 bits per heavy atom. The molecule has 0 bridgehead atoms. The SMILES string of the molecule is Cn1cnnc1Cn1cc(N)cn1. The Bertz CT molecular complexity index is 401. The van der Waals surface area contributed by atoms with Gasteiger partial charge in [0.15, 0.2) is 5.82 Å². The van der Waals surface area contributed by atoms with E-state index in [4.69, 9.17) is 5.73 Å². The fraction of sp³-hybridized carbons (Fsp3) is 0.286. The first-order valence-electron chi connectivity index (χ1n) is 3.86. The lowest BCUT2D eigenvalue weighted by atomic mass is 10.5. The molecule has 0 radical (unpaired) electrons. The molecule has 0 unspecified atom stereocenters. The van der Waals surface area contributed by atoms with Crippen molar-refractivity contribution >= 4 is 5.69 Å². The van der Waals surface area contributed by atoms with E-state index < -0.39 is 0 Å². The molecule has 2 heterocycles. The van der Waals surface area contributed by atoms with E-state index in [1.54, 1.807) is 23.4 Å². The van der Waals surface area contributed by atoms with Crippen LogP contribution < -0.4 is 5.73 Å². The minimum Gasteiger partial charge on any atom is -0.396 e. The van der Waals surface area contributed by atoms with Crippen LogP contribution in [0.2, 0.25) is 0 Å². The molecule has 2 rings (SSSR count). The lowest BCUT2D eigenvalue weighted by Crippen LogP contribution is -2.05. The second kappa shape index (κ2) is 2.89. The summed E-state index contributed by atoms with van der Waals surface area (Å²) >= 11 is 0. The highest BCUT2D eigenvalue weighted by Crippen LogP contribution is 2.00. The summed E-state index contributed by atoms with van der Waals surface area (Å²) in [5.41, 5.74) is 6.17. The van der Waals surface area contributed by atoms with Gasteiger partial charge in [0.2, 0.25) is 0 Å². The first-order valence-corrected chi connectivity index (χ1v) is 3.86. The topological polar surface area (TPSA) is 74.5 Å². The molecular formula is C7H10N6. The van der Waals surface area contributed by atoms with Crippen LogP contribution in [0, 0.1) is 0 Å². The standard InChI is InChI=1S/C7H10N6/c1-12-5-9-11-7(12)4-13-3-6(8)2-10-13/h2-3,5H,4,8H2,1H3. The number of nitrogens with zero attached hydrogens (tertiary/aromatic N) is 5. The van der Waals surface area contributed by atoms with Crippen molar-refractivity contribution in [3.63, 3.8) is 0 Å². The van der Waals surface area contributed by atoms with Crippen molar-refractivity contribution in [3.05, 3.63) is 24.5 Å². The fourth-order valence-corrected chi connectivity index (χ4v) is 1.06. The summed E-state index contributed by atoms with van der Waals surface area (Å²) < 4.78 is 3.57. The Balaban J connectivity index is 2.19. The molecule has 2 N–H and O–H groups in total. The Labute approximate surface area is 75.0 Å². The molecule has 0 atom stereocenters. The van der Waals surface area contributed by atoms with Crippen molar-refractivity contribution in [1.82, 2.24) is 24.5 Å². The van der Waals surface area contributed by atoms with E-state index in [-0.39, 0.29) is 0 Å². The van der Waals surface area contributed by atoms with E-state index in [2.05, 4.69) is 15.3 Å². The summed E-state index contributed by atoms with van der Waals surface area (Å²) in [6.45, 7) is 0.591. The molecule has 0 fully saturated rings. The zero-order valence-electron chi connectivity index (χ0n) is 7.25. The first kappa shape index (κ1) is 7.78. The van der Waals surface area contributed by atoms with Gasteiger partial charge in [0.1, 0.15) is 12.9 Å². The van der Waals surface area contributed by atoms with Gasteiger partial charge in [0.05, 0.1) is 11.9 Å².